The first kappa shape index (κ1) is 9.54. The molecule has 0 bridgehead atoms. The summed E-state index contributed by atoms with van der Waals surface area (Å²) in [6.45, 7) is 2.12. The van der Waals surface area contributed by atoms with Crippen molar-refractivity contribution in [2.24, 2.45) is 0 Å². The largest absolute Gasteiger partial charge is 0.238 e. The Labute approximate surface area is 90.6 Å². The third kappa shape index (κ3) is 1.62. The highest BCUT2D eigenvalue weighted by Gasteiger charge is 2.13. The van der Waals surface area contributed by atoms with E-state index < -0.39 is 0 Å². The Balaban J connectivity index is 2.41. The Kier molecular flexibility index (Phi) is 2.74. The summed E-state index contributed by atoms with van der Waals surface area (Å²) in [4.78, 5) is 1.27. The molecule has 0 radical (unpaired) electrons. The zero-order valence-corrected chi connectivity index (χ0v) is 9.31. The van der Waals surface area contributed by atoms with Crippen molar-refractivity contribution in [3.63, 3.8) is 0 Å². The lowest BCUT2D eigenvalue weighted by Crippen LogP contribution is -2.10. The molecule has 74 valence electrons. The molecule has 2 heterocycles. The highest BCUT2D eigenvalue weighted by Crippen LogP contribution is 2.24. The zero-order valence-electron chi connectivity index (χ0n) is 7.67. The number of tetrazole rings is 1. The van der Waals surface area contributed by atoms with Crippen molar-refractivity contribution in [3.05, 3.63) is 27.2 Å². The minimum absolute atomic E-state index is 0.234. The van der Waals surface area contributed by atoms with E-state index in [1.807, 2.05) is 10.7 Å². The molecule has 0 aliphatic rings. The maximum absolute atomic E-state index is 5.06. The molecule has 2 rings (SSSR count). The third-order valence-corrected chi connectivity index (χ3v) is 3.32. The van der Waals surface area contributed by atoms with Crippen LogP contribution >= 0.6 is 23.6 Å². The van der Waals surface area contributed by atoms with Crippen LogP contribution in [0.2, 0.25) is 0 Å². The Morgan fingerprint density at radius 2 is 2.57 bits per heavy atom. The van der Waals surface area contributed by atoms with Gasteiger partial charge in [0.1, 0.15) is 0 Å². The topological polar surface area (TPSA) is 46.5 Å². The summed E-state index contributed by atoms with van der Waals surface area (Å²) in [5.41, 5.74) is 0. The zero-order chi connectivity index (χ0) is 9.97. The van der Waals surface area contributed by atoms with Gasteiger partial charge in [-0.3, -0.25) is 0 Å². The van der Waals surface area contributed by atoms with Crippen LogP contribution in [0.15, 0.2) is 17.5 Å². The van der Waals surface area contributed by atoms with Crippen molar-refractivity contribution in [2.75, 3.05) is 0 Å². The number of H-pyrrole nitrogens is 1. The first-order chi connectivity index (χ1) is 6.83. The molecule has 14 heavy (non-hydrogen) atoms. The Hall–Kier alpha value is -1.01. The fourth-order valence-corrected chi connectivity index (χ4v) is 2.51. The van der Waals surface area contributed by atoms with Gasteiger partial charge in [0.05, 0.1) is 6.04 Å². The number of rotatable bonds is 3. The van der Waals surface area contributed by atoms with E-state index in [1.54, 1.807) is 11.3 Å². The predicted molar refractivity (Wildman–Crippen MR) is 58.0 cm³/mol. The summed E-state index contributed by atoms with van der Waals surface area (Å²) >= 11 is 6.78. The molecule has 1 unspecified atom stereocenters. The van der Waals surface area contributed by atoms with Crippen LogP contribution in [-0.4, -0.2) is 20.2 Å². The molecular formula is C8H10N4S2. The number of nitrogens with zero attached hydrogens (tertiary/aromatic N) is 3. The molecule has 0 aliphatic carbocycles. The van der Waals surface area contributed by atoms with Gasteiger partial charge >= 0.3 is 0 Å². The molecule has 0 aromatic carbocycles. The van der Waals surface area contributed by atoms with Crippen molar-refractivity contribution in [2.45, 2.75) is 19.4 Å². The molecule has 0 spiro atoms. The van der Waals surface area contributed by atoms with E-state index in [0.717, 1.165) is 6.42 Å². The molecule has 0 saturated heterocycles. The van der Waals surface area contributed by atoms with Crippen LogP contribution in [-0.2, 0) is 0 Å². The van der Waals surface area contributed by atoms with Crippen LogP contribution in [0.25, 0.3) is 0 Å². The van der Waals surface area contributed by atoms with Crippen molar-refractivity contribution in [3.8, 4) is 0 Å². The fourth-order valence-electron chi connectivity index (χ4n) is 1.40. The predicted octanol–water partition coefficient (Wildman–Crippen LogP) is 2.40. The van der Waals surface area contributed by atoms with Gasteiger partial charge in [-0.25, -0.2) is 4.68 Å². The van der Waals surface area contributed by atoms with Gasteiger partial charge in [-0.2, -0.15) is 5.21 Å². The maximum atomic E-state index is 5.06. The Morgan fingerprint density at radius 3 is 3.07 bits per heavy atom. The quantitative estimate of drug-likeness (QED) is 0.817. The summed E-state index contributed by atoms with van der Waals surface area (Å²) in [7, 11) is 0. The monoisotopic (exact) mass is 226 g/mol. The average Bonchev–Trinajstić information content (AvgIpc) is 2.80. The van der Waals surface area contributed by atoms with E-state index in [1.165, 1.54) is 4.88 Å². The Bertz CT molecular complexity index is 442. The van der Waals surface area contributed by atoms with E-state index in [-0.39, 0.29) is 6.04 Å². The van der Waals surface area contributed by atoms with Crippen LogP contribution in [0.3, 0.4) is 0 Å². The van der Waals surface area contributed by atoms with Gasteiger partial charge in [0.25, 0.3) is 0 Å². The van der Waals surface area contributed by atoms with Crippen LogP contribution in [0, 0.1) is 4.77 Å². The summed E-state index contributed by atoms with van der Waals surface area (Å²) < 4.78 is 2.33. The summed E-state index contributed by atoms with van der Waals surface area (Å²) in [6, 6.07) is 4.37. The standard InChI is InChI=1S/C8H10N4S2/c1-2-6(7-4-3-5-14-7)12-8(13)9-10-11-12/h3-6H,2H2,1H3,(H,9,11,13). The van der Waals surface area contributed by atoms with Gasteiger partial charge < -0.3 is 0 Å². The lowest BCUT2D eigenvalue weighted by Gasteiger charge is -2.12. The number of hydrogen-bond acceptors (Lipinski definition) is 4. The summed E-state index contributed by atoms with van der Waals surface area (Å²) in [6.07, 6.45) is 0.971. The smallest absolute Gasteiger partial charge is 0.234 e. The summed E-state index contributed by atoms with van der Waals surface area (Å²) in [5.74, 6) is 0. The molecule has 2 aromatic heterocycles. The van der Waals surface area contributed by atoms with Gasteiger partial charge in [0.15, 0.2) is 0 Å². The minimum Gasteiger partial charge on any atom is -0.234 e. The van der Waals surface area contributed by atoms with Crippen molar-refractivity contribution in [1.29, 1.82) is 0 Å². The molecule has 0 fully saturated rings. The molecule has 4 nitrogen and oxygen atoms in total. The first-order valence-electron chi connectivity index (χ1n) is 4.36. The van der Waals surface area contributed by atoms with Crippen molar-refractivity contribution in [1.82, 2.24) is 20.2 Å². The number of nitrogens with one attached hydrogen (secondary N) is 1. The first-order valence-corrected chi connectivity index (χ1v) is 5.64. The average molecular weight is 226 g/mol. The lowest BCUT2D eigenvalue weighted by atomic mass is 10.2. The molecule has 1 N–H and O–H groups in total. The minimum atomic E-state index is 0.234. The van der Waals surface area contributed by atoms with E-state index in [2.05, 4.69) is 33.9 Å². The number of aromatic nitrogens is 4. The molecule has 0 amide bonds. The molecule has 6 heteroatoms. The van der Waals surface area contributed by atoms with E-state index in [0.29, 0.717) is 4.77 Å². The number of hydrogen-bond donors (Lipinski definition) is 1. The van der Waals surface area contributed by atoms with Gasteiger partial charge in [-0.05, 0) is 30.1 Å². The van der Waals surface area contributed by atoms with Crippen LogP contribution in [0.1, 0.15) is 24.3 Å². The second-order valence-corrected chi connectivity index (χ2v) is 4.24. The molecule has 0 saturated carbocycles. The molecule has 2 aromatic rings. The number of aromatic amines is 1. The second-order valence-electron chi connectivity index (χ2n) is 2.89. The maximum Gasteiger partial charge on any atom is 0.238 e. The summed E-state index contributed by atoms with van der Waals surface area (Å²) in [5, 5.41) is 12.3. The lowest BCUT2D eigenvalue weighted by molar-refractivity contribution is 0.495. The van der Waals surface area contributed by atoms with Gasteiger partial charge in [0, 0.05) is 4.88 Å². The molecule has 1 atom stereocenters. The highest BCUT2D eigenvalue weighted by atomic mass is 32.1. The Morgan fingerprint density at radius 1 is 1.71 bits per heavy atom. The van der Waals surface area contributed by atoms with Gasteiger partial charge in [-0.1, -0.05) is 23.3 Å². The van der Waals surface area contributed by atoms with Gasteiger partial charge in [0.2, 0.25) is 4.77 Å². The highest BCUT2D eigenvalue weighted by molar-refractivity contribution is 7.71. The fraction of sp³-hybridized carbons (Fsp3) is 0.375. The number of thiophene rings is 1. The normalized spacial score (nSPS) is 12.9. The van der Waals surface area contributed by atoms with E-state index in [9.17, 15) is 0 Å². The van der Waals surface area contributed by atoms with Crippen molar-refractivity contribution >= 4 is 23.6 Å². The van der Waals surface area contributed by atoms with E-state index in [4.69, 9.17) is 12.2 Å². The van der Waals surface area contributed by atoms with Crippen LogP contribution in [0.4, 0.5) is 0 Å². The van der Waals surface area contributed by atoms with E-state index >= 15 is 0 Å². The van der Waals surface area contributed by atoms with Crippen molar-refractivity contribution < 1.29 is 0 Å². The SMILES string of the molecule is CCC(c1cccs1)n1[nH]nnc1=S. The van der Waals surface area contributed by atoms with Gasteiger partial charge in [-0.15, -0.1) is 11.3 Å². The van der Waals surface area contributed by atoms with Crippen LogP contribution < -0.4 is 0 Å². The molecular weight excluding hydrogens is 216 g/mol. The third-order valence-electron chi connectivity index (χ3n) is 2.06. The molecule has 0 aliphatic heterocycles. The second kappa shape index (κ2) is 4.02. The van der Waals surface area contributed by atoms with Crippen LogP contribution in [0.5, 0.6) is 0 Å².